The summed E-state index contributed by atoms with van der Waals surface area (Å²) in [6.45, 7) is 4.66. The summed E-state index contributed by atoms with van der Waals surface area (Å²) >= 11 is 5.40. The van der Waals surface area contributed by atoms with Crippen LogP contribution in [-0.4, -0.2) is 37.7 Å². The summed E-state index contributed by atoms with van der Waals surface area (Å²) in [5.41, 5.74) is 5.95. The molecule has 1 aliphatic rings. The summed E-state index contributed by atoms with van der Waals surface area (Å²) in [5, 5.41) is 0. The molecule has 1 aliphatic heterocycles. The molecule has 3 nitrogen and oxygen atoms in total. The highest BCUT2D eigenvalue weighted by molar-refractivity contribution is 9.10. The van der Waals surface area contributed by atoms with Crippen LogP contribution >= 0.6 is 27.3 Å². The maximum atomic E-state index is 5.95. The van der Waals surface area contributed by atoms with Crippen molar-refractivity contribution in [1.29, 1.82) is 0 Å². The Labute approximate surface area is 121 Å². The molecule has 2 N–H and O–H groups in total. The average Bonchev–Trinajstić information content (AvgIpc) is 2.92. The van der Waals surface area contributed by atoms with E-state index in [4.69, 9.17) is 10.5 Å². The van der Waals surface area contributed by atoms with Crippen molar-refractivity contribution in [3.05, 3.63) is 20.3 Å². The molecule has 0 saturated carbocycles. The molecule has 0 aromatic carbocycles. The molecule has 0 aliphatic carbocycles. The van der Waals surface area contributed by atoms with Gasteiger partial charge in [0, 0.05) is 33.9 Å². The van der Waals surface area contributed by atoms with E-state index in [0.717, 1.165) is 13.2 Å². The van der Waals surface area contributed by atoms with E-state index in [1.807, 2.05) is 11.3 Å². The van der Waals surface area contributed by atoms with Crippen molar-refractivity contribution >= 4 is 27.3 Å². The molecule has 102 valence electrons. The van der Waals surface area contributed by atoms with E-state index in [9.17, 15) is 0 Å². The summed E-state index contributed by atoms with van der Waals surface area (Å²) < 4.78 is 6.88. The Kier molecular flexibility index (Phi) is 5.21. The summed E-state index contributed by atoms with van der Waals surface area (Å²) in [7, 11) is 2.14. The maximum absolute atomic E-state index is 5.95. The molecule has 18 heavy (non-hydrogen) atoms. The minimum atomic E-state index is 0.296. The largest absolute Gasteiger partial charge is 0.377 e. The highest BCUT2D eigenvalue weighted by Crippen LogP contribution is 2.32. The van der Waals surface area contributed by atoms with E-state index in [2.05, 4.69) is 40.9 Å². The molecular weight excluding hydrogens is 312 g/mol. The molecule has 1 aromatic heterocycles. The van der Waals surface area contributed by atoms with Crippen LogP contribution in [0.1, 0.15) is 28.6 Å². The van der Waals surface area contributed by atoms with Gasteiger partial charge in [-0.25, -0.2) is 0 Å². The van der Waals surface area contributed by atoms with Gasteiger partial charge < -0.3 is 10.5 Å². The first-order valence-corrected chi connectivity index (χ1v) is 8.00. The number of rotatable bonds is 5. The lowest BCUT2D eigenvalue weighted by molar-refractivity contribution is 0.0694. The third-order valence-corrected chi connectivity index (χ3v) is 5.71. The lowest BCUT2D eigenvalue weighted by Crippen LogP contribution is -2.35. The van der Waals surface area contributed by atoms with Gasteiger partial charge in [0.25, 0.3) is 0 Å². The fourth-order valence-electron chi connectivity index (χ4n) is 2.40. The number of hydrogen-bond acceptors (Lipinski definition) is 4. The molecular formula is C13H21BrN2OS. The summed E-state index contributed by atoms with van der Waals surface area (Å²) in [6.07, 6.45) is 2.75. The first-order chi connectivity index (χ1) is 8.61. The smallest absolute Gasteiger partial charge is 0.0702 e. The van der Waals surface area contributed by atoms with Crippen molar-refractivity contribution in [1.82, 2.24) is 4.90 Å². The molecule has 0 spiro atoms. The highest BCUT2D eigenvalue weighted by atomic mass is 79.9. The Morgan fingerprint density at radius 1 is 1.67 bits per heavy atom. The van der Waals surface area contributed by atoms with E-state index < -0.39 is 0 Å². The van der Waals surface area contributed by atoms with Crippen LogP contribution in [0.15, 0.2) is 10.5 Å². The standard InChI is InChI=1S/C13H21BrN2OS/c1-9-11(14)6-13(18-9)12(7-15)16(2)8-10-4-3-5-17-10/h6,10,12H,3-5,7-8,15H2,1-2H3. The van der Waals surface area contributed by atoms with Gasteiger partial charge in [-0.05, 0) is 48.8 Å². The van der Waals surface area contributed by atoms with Gasteiger partial charge in [-0.15, -0.1) is 11.3 Å². The van der Waals surface area contributed by atoms with Crippen LogP contribution < -0.4 is 5.73 Å². The third-order valence-electron chi connectivity index (χ3n) is 3.48. The Balaban J connectivity index is 2.02. The number of likely N-dealkylation sites (N-methyl/N-ethyl adjacent to an activating group) is 1. The van der Waals surface area contributed by atoms with Crippen LogP contribution in [-0.2, 0) is 4.74 Å². The van der Waals surface area contributed by atoms with Crippen molar-refractivity contribution in [3.8, 4) is 0 Å². The number of hydrogen-bond donors (Lipinski definition) is 1. The number of halogens is 1. The Morgan fingerprint density at radius 3 is 2.94 bits per heavy atom. The van der Waals surface area contributed by atoms with Gasteiger partial charge in [-0.3, -0.25) is 4.90 Å². The van der Waals surface area contributed by atoms with Gasteiger partial charge in [0.1, 0.15) is 0 Å². The van der Waals surface area contributed by atoms with Crippen LogP contribution in [0.3, 0.4) is 0 Å². The van der Waals surface area contributed by atoms with E-state index in [0.29, 0.717) is 18.7 Å². The topological polar surface area (TPSA) is 38.5 Å². The van der Waals surface area contributed by atoms with Gasteiger partial charge >= 0.3 is 0 Å². The maximum Gasteiger partial charge on any atom is 0.0702 e. The number of nitrogens with two attached hydrogens (primary N) is 1. The van der Waals surface area contributed by atoms with Gasteiger partial charge in [-0.1, -0.05) is 0 Å². The van der Waals surface area contributed by atoms with Crippen LogP contribution in [0.4, 0.5) is 0 Å². The van der Waals surface area contributed by atoms with E-state index in [-0.39, 0.29) is 0 Å². The number of aryl methyl sites for hydroxylation is 1. The van der Waals surface area contributed by atoms with Crippen molar-refractivity contribution < 1.29 is 4.74 Å². The van der Waals surface area contributed by atoms with Crippen molar-refractivity contribution in [2.45, 2.75) is 31.9 Å². The molecule has 0 amide bonds. The van der Waals surface area contributed by atoms with Crippen LogP contribution in [0.2, 0.25) is 0 Å². The molecule has 2 heterocycles. The summed E-state index contributed by atoms with van der Waals surface area (Å²) in [5.74, 6) is 0. The molecule has 0 radical (unpaired) electrons. The van der Waals surface area contributed by atoms with Crippen LogP contribution in [0.5, 0.6) is 0 Å². The van der Waals surface area contributed by atoms with Crippen LogP contribution in [0, 0.1) is 6.92 Å². The predicted molar refractivity (Wildman–Crippen MR) is 80.2 cm³/mol. The van der Waals surface area contributed by atoms with Gasteiger partial charge in [0.15, 0.2) is 0 Å². The zero-order chi connectivity index (χ0) is 13.1. The first kappa shape index (κ1) is 14.5. The monoisotopic (exact) mass is 332 g/mol. The van der Waals surface area contributed by atoms with Crippen molar-refractivity contribution in [3.63, 3.8) is 0 Å². The predicted octanol–water partition coefficient (Wildman–Crippen LogP) is 2.93. The third kappa shape index (κ3) is 3.33. The Morgan fingerprint density at radius 2 is 2.44 bits per heavy atom. The molecule has 2 rings (SSSR count). The Hall–Kier alpha value is 0.0600. The first-order valence-electron chi connectivity index (χ1n) is 6.39. The lowest BCUT2D eigenvalue weighted by atomic mass is 10.1. The zero-order valence-corrected chi connectivity index (χ0v) is 13.4. The minimum absolute atomic E-state index is 0.296. The second kappa shape index (κ2) is 6.48. The molecule has 1 saturated heterocycles. The van der Waals surface area contributed by atoms with Crippen LogP contribution in [0.25, 0.3) is 0 Å². The average molecular weight is 333 g/mol. The lowest BCUT2D eigenvalue weighted by Gasteiger charge is -2.28. The number of thiophene rings is 1. The fraction of sp³-hybridized carbons (Fsp3) is 0.692. The molecule has 2 unspecified atom stereocenters. The van der Waals surface area contributed by atoms with E-state index in [1.165, 1.54) is 27.1 Å². The second-order valence-corrected chi connectivity index (χ2v) is 7.02. The second-order valence-electron chi connectivity index (χ2n) is 4.88. The zero-order valence-electron chi connectivity index (χ0n) is 11.0. The molecule has 0 bridgehead atoms. The Bertz CT molecular complexity index is 371. The van der Waals surface area contributed by atoms with Crippen molar-refractivity contribution in [2.75, 3.05) is 26.7 Å². The van der Waals surface area contributed by atoms with Crippen molar-refractivity contribution in [2.24, 2.45) is 5.73 Å². The van der Waals surface area contributed by atoms with E-state index >= 15 is 0 Å². The van der Waals surface area contributed by atoms with Gasteiger partial charge in [-0.2, -0.15) is 0 Å². The highest BCUT2D eigenvalue weighted by Gasteiger charge is 2.23. The quantitative estimate of drug-likeness (QED) is 0.900. The fourth-order valence-corrected chi connectivity index (χ4v) is 4.14. The van der Waals surface area contributed by atoms with E-state index in [1.54, 1.807) is 0 Å². The molecule has 1 aromatic rings. The normalized spacial score (nSPS) is 21.7. The molecule has 5 heteroatoms. The summed E-state index contributed by atoms with van der Waals surface area (Å²) in [4.78, 5) is 4.98. The number of nitrogens with zero attached hydrogens (tertiary/aromatic N) is 1. The molecule has 1 fully saturated rings. The summed E-state index contributed by atoms with van der Waals surface area (Å²) in [6, 6.07) is 2.49. The minimum Gasteiger partial charge on any atom is -0.377 e. The number of ether oxygens (including phenoxy) is 1. The van der Waals surface area contributed by atoms with Gasteiger partial charge in [0.2, 0.25) is 0 Å². The van der Waals surface area contributed by atoms with Gasteiger partial charge in [0.05, 0.1) is 12.1 Å². The molecule has 2 atom stereocenters. The SMILES string of the molecule is Cc1sc(C(CN)N(C)CC2CCCO2)cc1Br.